The van der Waals surface area contributed by atoms with Crippen molar-refractivity contribution in [3.63, 3.8) is 0 Å². The van der Waals surface area contributed by atoms with Crippen molar-refractivity contribution in [3.05, 3.63) is 28.9 Å². The third kappa shape index (κ3) is 4.67. The molecule has 2 aromatic heterocycles. The highest BCUT2D eigenvalue weighted by atomic mass is 32.2. The highest BCUT2D eigenvalue weighted by Gasteiger charge is 2.36. The van der Waals surface area contributed by atoms with E-state index in [0.29, 0.717) is 47.6 Å². The van der Waals surface area contributed by atoms with Gasteiger partial charge >= 0.3 is 5.97 Å². The molecule has 0 atom stereocenters. The summed E-state index contributed by atoms with van der Waals surface area (Å²) >= 11 is 1.11. The van der Waals surface area contributed by atoms with E-state index in [4.69, 9.17) is 9.47 Å². The molecule has 34 heavy (non-hydrogen) atoms. The molecule has 1 aromatic carbocycles. The van der Waals surface area contributed by atoms with Crippen LogP contribution >= 0.6 is 11.3 Å². The predicted molar refractivity (Wildman–Crippen MR) is 127 cm³/mol. The zero-order chi connectivity index (χ0) is 24.7. The Labute approximate surface area is 202 Å². The van der Waals surface area contributed by atoms with Crippen LogP contribution in [0.4, 0.5) is 0 Å². The van der Waals surface area contributed by atoms with E-state index in [1.54, 1.807) is 26.0 Å². The summed E-state index contributed by atoms with van der Waals surface area (Å²) in [6, 6.07) is 4.85. The van der Waals surface area contributed by atoms with Crippen LogP contribution in [0.2, 0.25) is 0 Å². The monoisotopic (exact) mass is 508 g/mol. The van der Waals surface area contributed by atoms with Crippen LogP contribution in [0.3, 0.4) is 0 Å². The highest BCUT2D eigenvalue weighted by molar-refractivity contribution is 7.89. The van der Waals surface area contributed by atoms with Gasteiger partial charge in [0.25, 0.3) is 0 Å². The molecular weight excluding hydrogens is 480 g/mol. The molecule has 1 saturated carbocycles. The van der Waals surface area contributed by atoms with Crippen molar-refractivity contribution in [2.45, 2.75) is 63.0 Å². The fourth-order valence-corrected chi connectivity index (χ4v) is 6.71. The lowest BCUT2D eigenvalue weighted by Crippen LogP contribution is -2.48. The zero-order valence-corrected chi connectivity index (χ0v) is 21.1. The van der Waals surface area contributed by atoms with E-state index in [0.717, 1.165) is 11.3 Å². The Hall–Kier alpha value is -2.54. The number of aliphatic hydroxyl groups excluding tert-OH is 1. The third-order valence-corrected chi connectivity index (χ3v) is 8.54. The molecule has 0 bridgehead atoms. The van der Waals surface area contributed by atoms with Gasteiger partial charge in [-0.3, -0.25) is 0 Å². The molecule has 2 heterocycles. The number of nitrogens with one attached hydrogen (secondary N) is 1. The van der Waals surface area contributed by atoms with Gasteiger partial charge in [0.15, 0.2) is 0 Å². The number of benzene rings is 1. The van der Waals surface area contributed by atoms with Crippen molar-refractivity contribution in [2.24, 2.45) is 0 Å². The lowest BCUT2D eigenvalue weighted by Gasteiger charge is -2.36. The summed E-state index contributed by atoms with van der Waals surface area (Å²) in [4.78, 5) is 17.1. The van der Waals surface area contributed by atoms with Crippen LogP contribution in [-0.4, -0.2) is 59.5 Å². The van der Waals surface area contributed by atoms with Gasteiger partial charge in [-0.25, -0.2) is 27.4 Å². The van der Waals surface area contributed by atoms with Crippen LogP contribution in [0.25, 0.3) is 16.2 Å². The van der Waals surface area contributed by atoms with Crippen molar-refractivity contribution in [1.82, 2.24) is 19.3 Å². The number of ether oxygens (including phenoxy) is 2. The molecule has 12 heteroatoms. The SMILES string of the molecule is CCOC(=O)c1nn2c(-c3ccc(OC)c(S(=O)(=O)NC4(C)CCC(O)CC4)c3)c(C)nc2s1. The fraction of sp³-hybridized carbons (Fsp3) is 0.500. The maximum Gasteiger partial charge on any atom is 0.369 e. The lowest BCUT2D eigenvalue weighted by atomic mass is 9.83. The minimum atomic E-state index is -3.95. The lowest BCUT2D eigenvalue weighted by molar-refractivity contribution is 0.0524. The van der Waals surface area contributed by atoms with Gasteiger partial charge in [0.05, 0.1) is 31.2 Å². The standard InChI is InChI=1S/C22H28N4O6S2/c1-5-32-20(28)19-24-26-18(13(2)23-21(26)33-19)14-6-7-16(31-4)17(12-14)34(29,30)25-22(3)10-8-15(27)9-11-22/h6-7,12,15,25,27H,5,8-11H2,1-4H3. The maximum absolute atomic E-state index is 13.5. The fourth-order valence-electron chi connectivity index (χ4n) is 4.21. The number of fused-ring (bicyclic) bond motifs is 1. The molecular formula is C22H28N4O6S2. The molecule has 2 N–H and O–H groups in total. The average molecular weight is 509 g/mol. The van der Waals surface area contributed by atoms with Gasteiger partial charge in [-0.2, -0.15) is 0 Å². The third-order valence-electron chi connectivity index (χ3n) is 5.99. The molecule has 0 unspecified atom stereocenters. The molecule has 184 valence electrons. The first-order valence-electron chi connectivity index (χ1n) is 11.0. The largest absolute Gasteiger partial charge is 0.495 e. The average Bonchev–Trinajstić information content (AvgIpc) is 3.32. The molecule has 1 aliphatic carbocycles. The van der Waals surface area contributed by atoms with E-state index in [2.05, 4.69) is 14.8 Å². The molecule has 1 aliphatic rings. The van der Waals surface area contributed by atoms with Gasteiger partial charge in [0, 0.05) is 11.1 Å². The Bertz CT molecular complexity index is 1320. The quantitative estimate of drug-likeness (QED) is 0.466. The maximum atomic E-state index is 13.5. The summed E-state index contributed by atoms with van der Waals surface area (Å²) in [7, 11) is -2.53. The van der Waals surface area contributed by atoms with Crippen LogP contribution < -0.4 is 9.46 Å². The Balaban J connectivity index is 1.75. The van der Waals surface area contributed by atoms with Gasteiger partial charge in [0.2, 0.25) is 20.0 Å². The van der Waals surface area contributed by atoms with Crippen molar-refractivity contribution in [1.29, 1.82) is 0 Å². The number of hydrogen-bond acceptors (Lipinski definition) is 9. The smallest absolute Gasteiger partial charge is 0.369 e. The second-order valence-corrected chi connectivity index (χ2v) is 11.2. The van der Waals surface area contributed by atoms with Crippen molar-refractivity contribution < 1.29 is 27.8 Å². The second kappa shape index (κ2) is 9.25. The van der Waals surface area contributed by atoms with E-state index in [1.165, 1.54) is 17.7 Å². The van der Waals surface area contributed by atoms with Gasteiger partial charge in [-0.1, -0.05) is 11.3 Å². The van der Waals surface area contributed by atoms with E-state index in [-0.39, 0.29) is 22.3 Å². The Morgan fingerprint density at radius 3 is 2.71 bits per heavy atom. The number of carbonyl (C=O) groups is 1. The first-order valence-corrected chi connectivity index (χ1v) is 13.3. The van der Waals surface area contributed by atoms with Gasteiger partial charge in [-0.05, 0) is 64.7 Å². The molecule has 0 saturated heterocycles. The summed E-state index contributed by atoms with van der Waals surface area (Å²) < 4.78 is 41.7. The van der Waals surface area contributed by atoms with E-state index in [9.17, 15) is 18.3 Å². The Morgan fingerprint density at radius 2 is 2.06 bits per heavy atom. The number of aromatic nitrogens is 3. The number of esters is 1. The highest BCUT2D eigenvalue weighted by Crippen LogP contribution is 2.35. The number of hydrogen-bond donors (Lipinski definition) is 2. The van der Waals surface area contributed by atoms with Gasteiger partial charge < -0.3 is 14.6 Å². The number of aliphatic hydroxyl groups is 1. The molecule has 10 nitrogen and oxygen atoms in total. The molecule has 3 aromatic rings. The minimum absolute atomic E-state index is 0.00459. The van der Waals surface area contributed by atoms with Gasteiger partial charge in [-0.15, -0.1) is 5.10 Å². The number of carbonyl (C=O) groups excluding carboxylic acids is 1. The van der Waals surface area contributed by atoms with Gasteiger partial charge in [0.1, 0.15) is 10.6 Å². The first-order chi connectivity index (χ1) is 16.1. The van der Waals surface area contributed by atoms with E-state index >= 15 is 0 Å². The number of nitrogens with zero attached hydrogens (tertiary/aromatic N) is 3. The van der Waals surface area contributed by atoms with Crippen LogP contribution in [0, 0.1) is 6.92 Å². The van der Waals surface area contributed by atoms with Crippen molar-refractivity contribution >= 4 is 32.3 Å². The van der Waals surface area contributed by atoms with Crippen LogP contribution in [0.5, 0.6) is 5.75 Å². The second-order valence-electron chi connectivity index (χ2n) is 8.63. The van der Waals surface area contributed by atoms with E-state index < -0.39 is 27.6 Å². The topological polar surface area (TPSA) is 132 Å². The number of imidazole rings is 1. The van der Waals surface area contributed by atoms with Crippen LogP contribution in [0.1, 0.15) is 55.0 Å². The summed E-state index contributed by atoms with van der Waals surface area (Å²) in [5.41, 5.74) is 1.12. The summed E-state index contributed by atoms with van der Waals surface area (Å²) in [6.07, 6.45) is 1.74. The summed E-state index contributed by atoms with van der Waals surface area (Å²) in [5.74, 6) is -0.325. The first kappa shape index (κ1) is 24.6. The molecule has 0 radical (unpaired) electrons. The zero-order valence-electron chi connectivity index (χ0n) is 19.5. The normalized spacial score (nSPS) is 21.0. The molecule has 0 aliphatic heterocycles. The Kier molecular flexibility index (Phi) is 6.69. The van der Waals surface area contributed by atoms with E-state index in [1.807, 2.05) is 6.92 Å². The van der Waals surface area contributed by atoms with Crippen LogP contribution in [0.15, 0.2) is 23.1 Å². The van der Waals surface area contributed by atoms with Crippen LogP contribution in [-0.2, 0) is 14.8 Å². The number of methoxy groups -OCH3 is 1. The minimum Gasteiger partial charge on any atom is -0.495 e. The molecule has 4 rings (SSSR count). The number of rotatable bonds is 7. The summed E-state index contributed by atoms with van der Waals surface area (Å²) in [5, 5.41) is 14.3. The number of aryl methyl sites for hydroxylation is 1. The van der Waals surface area contributed by atoms with Crippen molar-refractivity contribution in [3.8, 4) is 17.0 Å². The molecule has 0 amide bonds. The predicted octanol–water partition coefficient (Wildman–Crippen LogP) is 2.92. The summed E-state index contributed by atoms with van der Waals surface area (Å²) in [6.45, 7) is 5.60. The Morgan fingerprint density at radius 1 is 1.35 bits per heavy atom. The molecule has 1 fully saturated rings. The number of sulfonamides is 1. The molecule has 0 spiro atoms. The van der Waals surface area contributed by atoms with Crippen molar-refractivity contribution in [2.75, 3.05) is 13.7 Å².